The number of hydrogen-bond donors (Lipinski definition) is 0. The van der Waals surface area contributed by atoms with Crippen LogP contribution in [0.3, 0.4) is 0 Å². The Hall–Kier alpha value is -0.595. The summed E-state index contributed by atoms with van der Waals surface area (Å²) < 4.78 is 0. The molecule has 0 spiro atoms. The molecule has 0 bridgehead atoms. The number of hydrogen-bond acceptors (Lipinski definition) is 2. The van der Waals surface area contributed by atoms with Crippen LogP contribution in [0.15, 0.2) is 0 Å². The van der Waals surface area contributed by atoms with Crippen molar-refractivity contribution in [2.45, 2.75) is 13.2 Å². The monoisotopic (exact) mass is 96.0 g/mol. The Morgan fingerprint density at radius 1 is 1.57 bits per heavy atom. The van der Waals surface area contributed by atoms with Crippen molar-refractivity contribution in [1.82, 2.24) is 0 Å². The zero-order chi connectivity index (χ0) is 5.86. The Morgan fingerprint density at radius 3 is 2.00 bits per heavy atom. The first-order valence-corrected chi connectivity index (χ1v) is 1.92. The molecule has 0 unspecified atom stereocenters. The van der Waals surface area contributed by atoms with Gasteiger partial charge in [0, 0.05) is 6.92 Å². The number of Topliss-reactive ketones (excluding diaryl/α,β-unsaturated/α-hetero) is 2. The van der Waals surface area contributed by atoms with Gasteiger partial charge in [-0.1, -0.05) is 0 Å². The van der Waals surface area contributed by atoms with Crippen LogP contribution in [0.5, 0.6) is 0 Å². The molecule has 0 heterocycles. The standard InChI is InChI=1S/C4H5BO2/c1-3(6)4(7)2-5/h2H2,1H3. The SMILES string of the molecule is [B]CC(=O)C(C)=O. The van der Waals surface area contributed by atoms with Gasteiger partial charge in [-0.3, -0.25) is 9.59 Å². The van der Waals surface area contributed by atoms with E-state index in [0.717, 1.165) is 0 Å². The molecule has 0 saturated heterocycles. The first-order valence-electron chi connectivity index (χ1n) is 1.92. The van der Waals surface area contributed by atoms with Crippen LogP contribution in [0.4, 0.5) is 0 Å². The first-order chi connectivity index (χ1) is 3.18. The first kappa shape index (κ1) is 6.40. The van der Waals surface area contributed by atoms with Gasteiger partial charge in [0.1, 0.15) is 0 Å². The van der Waals surface area contributed by atoms with Crippen LogP contribution >= 0.6 is 0 Å². The van der Waals surface area contributed by atoms with E-state index in [0.29, 0.717) is 0 Å². The zero-order valence-corrected chi connectivity index (χ0v) is 4.10. The fourth-order valence-corrected chi connectivity index (χ4v) is 0.144. The highest BCUT2D eigenvalue weighted by Crippen LogP contribution is 1.77. The van der Waals surface area contributed by atoms with Gasteiger partial charge >= 0.3 is 0 Å². The fourth-order valence-electron chi connectivity index (χ4n) is 0.144. The van der Waals surface area contributed by atoms with Crippen molar-refractivity contribution in [2.24, 2.45) is 0 Å². The molecule has 36 valence electrons. The van der Waals surface area contributed by atoms with Crippen molar-refractivity contribution >= 4 is 19.4 Å². The lowest BCUT2D eigenvalue weighted by atomic mass is 9.99. The fraction of sp³-hybridized carbons (Fsp3) is 0.500. The average molecular weight is 95.9 g/mol. The molecule has 0 aliphatic heterocycles. The minimum absolute atomic E-state index is 0.171. The van der Waals surface area contributed by atoms with E-state index < -0.39 is 11.6 Å². The van der Waals surface area contributed by atoms with Gasteiger partial charge in [0.2, 0.25) is 0 Å². The highest BCUT2D eigenvalue weighted by atomic mass is 16.2. The molecule has 0 aromatic heterocycles. The average Bonchev–Trinajstić information content (AvgIpc) is 1.65. The largest absolute Gasteiger partial charge is 0.292 e. The van der Waals surface area contributed by atoms with Crippen LogP contribution in [0.25, 0.3) is 0 Å². The number of ketones is 2. The van der Waals surface area contributed by atoms with E-state index in [2.05, 4.69) is 0 Å². The molecule has 0 fully saturated rings. The summed E-state index contributed by atoms with van der Waals surface area (Å²) in [6, 6.07) is 0. The molecule has 2 nitrogen and oxygen atoms in total. The lowest BCUT2D eigenvalue weighted by Gasteiger charge is -1.81. The van der Waals surface area contributed by atoms with Gasteiger partial charge in [-0.05, 0) is 6.32 Å². The summed E-state index contributed by atoms with van der Waals surface area (Å²) in [5.41, 5.74) is 0. The van der Waals surface area contributed by atoms with Crippen molar-refractivity contribution in [3.8, 4) is 0 Å². The second-order valence-electron chi connectivity index (χ2n) is 1.18. The molecule has 0 saturated carbocycles. The molecule has 0 atom stereocenters. The molecular formula is C4H5BO2. The van der Waals surface area contributed by atoms with Crippen molar-refractivity contribution in [3.05, 3.63) is 0 Å². The lowest BCUT2D eigenvalue weighted by molar-refractivity contribution is -0.133. The third-order valence-corrected chi connectivity index (χ3v) is 0.578. The van der Waals surface area contributed by atoms with Crippen molar-refractivity contribution in [3.63, 3.8) is 0 Å². The maximum Gasteiger partial charge on any atom is 0.194 e. The molecule has 0 aromatic rings. The molecule has 0 aliphatic carbocycles. The topological polar surface area (TPSA) is 34.1 Å². The molecule has 0 aromatic carbocycles. The normalized spacial score (nSPS) is 8.14. The van der Waals surface area contributed by atoms with Crippen molar-refractivity contribution < 1.29 is 9.59 Å². The highest BCUT2D eigenvalue weighted by Gasteiger charge is 2.00. The predicted molar refractivity (Wildman–Crippen MR) is 26.2 cm³/mol. The summed E-state index contributed by atoms with van der Waals surface area (Å²) in [5.74, 6) is -0.984. The Kier molecular flexibility index (Phi) is 2.34. The molecule has 3 heteroatoms. The number of carbonyl (C=O) groups is 2. The maximum absolute atomic E-state index is 10.0. The van der Waals surface area contributed by atoms with E-state index >= 15 is 0 Å². The van der Waals surface area contributed by atoms with Crippen LogP contribution in [0.1, 0.15) is 6.92 Å². The minimum atomic E-state index is -0.514. The molecule has 0 amide bonds. The second-order valence-corrected chi connectivity index (χ2v) is 1.18. The molecule has 2 radical (unpaired) electrons. The Bertz CT molecular complexity index is 97.9. The van der Waals surface area contributed by atoms with E-state index in [1.165, 1.54) is 6.92 Å². The van der Waals surface area contributed by atoms with E-state index in [-0.39, 0.29) is 6.32 Å². The van der Waals surface area contributed by atoms with E-state index in [1.54, 1.807) is 0 Å². The Labute approximate surface area is 43.3 Å². The third-order valence-electron chi connectivity index (χ3n) is 0.578. The molecule has 7 heavy (non-hydrogen) atoms. The second kappa shape index (κ2) is 2.56. The number of rotatable bonds is 2. The van der Waals surface area contributed by atoms with Gasteiger partial charge in [-0.15, -0.1) is 0 Å². The van der Waals surface area contributed by atoms with Gasteiger partial charge in [-0.25, -0.2) is 0 Å². The summed E-state index contributed by atoms with van der Waals surface area (Å²) in [6.45, 7) is 1.20. The summed E-state index contributed by atoms with van der Waals surface area (Å²) in [4.78, 5) is 20.0. The van der Waals surface area contributed by atoms with Crippen LogP contribution in [-0.4, -0.2) is 19.4 Å². The smallest absolute Gasteiger partial charge is 0.194 e. The number of carbonyl (C=O) groups excluding carboxylic acids is 2. The van der Waals surface area contributed by atoms with Gasteiger partial charge in [0.05, 0.1) is 7.85 Å². The van der Waals surface area contributed by atoms with Gasteiger partial charge in [-0.2, -0.15) is 0 Å². The maximum atomic E-state index is 10.0. The van der Waals surface area contributed by atoms with Crippen LogP contribution in [-0.2, 0) is 9.59 Å². The molecule has 0 aliphatic rings. The van der Waals surface area contributed by atoms with Gasteiger partial charge in [0.25, 0.3) is 0 Å². The highest BCUT2D eigenvalue weighted by molar-refractivity contribution is 6.44. The van der Waals surface area contributed by atoms with E-state index in [1.807, 2.05) is 0 Å². The molecular weight excluding hydrogens is 90.9 g/mol. The Balaban J connectivity index is 3.58. The third kappa shape index (κ3) is 2.14. The summed E-state index contributed by atoms with van der Waals surface area (Å²) in [5, 5.41) is 0. The van der Waals surface area contributed by atoms with Crippen molar-refractivity contribution in [1.29, 1.82) is 0 Å². The lowest BCUT2D eigenvalue weighted by Crippen LogP contribution is -2.06. The summed E-state index contributed by atoms with van der Waals surface area (Å²) >= 11 is 0. The summed E-state index contributed by atoms with van der Waals surface area (Å²) in [6.07, 6.45) is -0.171. The summed E-state index contributed by atoms with van der Waals surface area (Å²) in [7, 11) is 4.80. The predicted octanol–water partition coefficient (Wildman–Crippen LogP) is -0.269. The molecule has 0 N–H and O–H groups in total. The van der Waals surface area contributed by atoms with E-state index in [9.17, 15) is 9.59 Å². The van der Waals surface area contributed by atoms with E-state index in [4.69, 9.17) is 7.85 Å². The van der Waals surface area contributed by atoms with Gasteiger partial charge < -0.3 is 0 Å². The Morgan fingerprint density at radius 2 is 2.00 bits per heavy atom. The molecule has 0 rings (SSSR count). The van der Waals surface area contributed by atoms with Crippen LogP contribution in [0.2, 0.25) is 6.32 Å². The zero-order valence-electron chi connectivity index (χ0n) is 4.10. The van der Waals surface area contributed by atoms with Gasteiger partial charge in [0.15, 0.2) is 11.6 Å². The van der Waals surface area contributed by atoms with Crippen LogP contribution < -0.4 is 0 Å². The minimum Gasteiger partial charge on any atom is -0.292 e. The van der Waals surface area contributed by atoms with Crippen LogP contribution in [0, 0.1) is 0 Å². The quantitative estimate of drug-likeness (QED) is 0.350. The van der Waals surface area contributed by atoms with Crippen molar-refractivity contribution in [2.75, 3.05) is 0 Å².